The number of amides is 1. The van der Waals surface area contributed by atoms with Gasteiger partial charge in [0.2, 0.25) is 11.8 Å². The summed E-state index contributed by atoms with van der Waals surface area (Å²) in [6, 6.07) is 12.0. The van der Waals surface area contributed by atoms with Crippen molar-refractivity contribution >= 4 is 34.7 Å². The van der Waals surface area contributed by atoms with Gasteiger partial charge >= 0.3 is 0 Å². The predicted molar refractivity (Wildman–Crippen MR) is 98.0 cm³/mol. The maximum Gasteiger partial charge on any atom is 0.247 e. The summed E-state index contributed by atoms with van der Waals surface area (Å²) in [5.41, 5.74) is 1.73. The summed E-state index contributed by atoms with van der Waals surface area (Å²) in [6.07, 6.45) is 4.78. The van der Waals surface area contributed by atoms with Crippen LogP contribution in [0.2, 0.25) is 5.02 Å². The van der Waals surface area contributed by atoms with Gasteiger partial charge in [-0.1, -0.05) is 29.8 Å². The second-order valence-corrected chi connectivity index (χ2v) is 6.66. The number of carbonyl (C=O) groups is 1. The molecule has 26 heavy (non-hydrogen) atoms. The van der Waals surface area contributed by atoms with E-state index in [1.54, 1.807) is 23.1 Å². The van der Waals surface area contributed by atoms with Crippen LogP contribution in [0.4, 0.5) is 4.39 Å². The molecule has 0 radical (unpaired) electrons. The van der Waals surface area contributed by atoms with Gasteiger partial charge in [-0.15, -0.1) is 0 Å². The molecule has 1 aliphatic carbocycles. The fourth-order valence-electron chi connectivity index (χ4n) is 2.83. The van der Waals surface area contributed by atoms with Gasteiger partial charge in [-0.3, -0.25) is 4.79 Å². The zero-order valence-electron chi connectivity index (χ0n) is 13.9. The lowest BCUT2D eigenvalue weighted by Gasteiger charge is -2.21. The van der Waals surface area contributed by atoms with E-state index in [9.17, 15) is 9.18 Å². The van der Waals surface area contributed by atoms with Crippen LogP contribution >= 0.6 is 11.6 Å². The third-order valence-electron chi connectivity index (χ3n) is 4.34. The summed E-state index contributed by atoms with van der Waals surface area (Å²) in [6.45, 7) is 0.146. The van der Waals surface area contributed by atoms with E-state index in [1.807, 2.05) is 24.3 Å². The smallest absolute Gasteiger partial charge is 0.247 e. The van der Waals surface area contributed by atoms with Crippen molar-refractivity contribution in [3.8, 4) is 0 Å². The largest absolute Gasteiger partial charge is 0.437 e. The molecule has 0 N–H and O–H groups in total. The molecule has 4 nitrogen and oxygen atoms in total. The first-order valence-corrected chi connectivity index (χ1v) is 8.77. The van der Waals surface area contributed by atoms with E-state index >= 15 is 0 Å². The topological polar surface area (TPSA) is 46.3 Å². The summed E-state index contributed by atoms with van der Waals surface area (Å²) in [7, 11) is 0. The monoisotopic (exact) mass is 370 g/mol. The number of aromatic nitrogens is 1. The van der Waals surface area contributed by atoms with Crippen LogP contribution in [-0.4, -0.2) is 21.8 Å². The Labute approximate surface area is 154 Å². The summed E-state index contributed by atoms with van der Waals surface area (Å²) in [5, 5.41) is 0.325. The average Bonchev–Trinajstić information content (AvgIpc) is 3.38. The molecule has 1 fully saturated rings. The maximum absolute atomic E-state index is 14.1. The van der Waals surface area contributed by atoms with Gasteiger partial charge in [-0.25, -0.2) is 9.37 Å². The first-order valence-electron chi connectivity index (χ1n) is 8.39. The van der Waals surface area contributed by atoms with Crippen molar-refractivity contribution in [2.75, 3.05) is 0 Å². The Balaban J connectivity index is 1.54. The molecule has 0 bridgehead atoms. The maximum atomic E-state index is 14.1. The fraction of sp³-hybridized carbons (Fsp3) is 0.200. The molecule has 1 saturated carbocycles. The minimum Gasteiger partial charge on any atom is -0.437 e. The molecule has 3 aromatic rings. The number of hydrogen-bond acceptors (Lipinski definition) is 3. The number of carbonyl (C=O) groups excluding carboxylic acids is 1. The Kier molecular flexibility index (Phi) is 4.47. The molecule has 1 aromatic heterocycles. The standard InChI is InChI=1S/C20H16ClFN2O2/c21-15-4-3-5-16(22)14(15)12-24(13-8-9-13)20(25)11-10-19-23-17-6-1-2-7-18(17)26-19/h1-7,10-11,13H,8-9,12H2/b11-10+. The lowest BCUT2D eigenvalue weighted by Crippen LogP contribution is -2.31. The summed E-state index contributed by atoms with van der Waals surface area (Å²) in [4.78, 5) is 18.6. The van der Waals surface area contributed by atoms with Crippen LogP contribution in [0.1, 0.15) is 24.3 Å². The van der Waals surface area contributed by atoms with Crippen molar-refractivity contribution in [1.29, 1.82) is 0 Å². The van der Waals surface area contributed by atoms with Crippen molar-refractivity contribution in [3.63, 3.8) is 0 Å². The zero-order chi connectivity index (χ0) is 18.1. The number of hydrogen-bond donors (Lipinski definition) is 0. The van der Waals surface area contributed by atoms with Crippen LogP contribution < -0.4 is 0 Å². The van der Waals surface area contributed by atoms with Crippen LogP contribution in [0.25, 0.3) is 17.2 Å². The van der Waals surface area contributed by atoms with E-state index in [1.165, 1.54) is 12.1 Å². The molecule has 1 amide bonds. The molecule has 1 aliphatic rings. The minimum absolute atomic E-state index is 0.117. The quantitative estimate of drug-likeness (QED) is 0.604. The van der Waals surface area contributed by atoms with E-state index < -0.39 is 5.82 Å². The third kappa shape index (κ3) is 3.48. The van der Waals surface area contributed by atoms with Crippen LogP contribution in [-0.2, 0) is 11.3 Å². The molecule has 6 heteroatoms. The molecular formula is C20H16ClFN2O2. The van der Waals surface area contributed by atoms with Crippen LogP contribution in [0.5, 0.6) is 0 Å². The Morgan fingerprint density at radius 1 is 1.27 bits per heavy atom. The van der Waals surface area contributed by atoms with Gasteiger partial charge in [0, 0.05) is 28.8 Å². The first kappa shape index (κ1) is 16.8. The highest BCUT2D eigenvalue weighted by Crippen LogP contribution is 2.31. The number of benzene rings is 2. The van der Waals surface area contributed by atoms with Gasteiger partial charge in [0.05, 0.1) is 6.54 Å². The van der Waals surface area contributed by atoms with Crippen molar-refractivity contribution in [1.82, 2.24) is 9.88 Å². The zero-order valence-corrected chi connectivity index (χ0v) is 14.6. The van der Waals surface area contributed by atoms with E-state index in [2.05, 4.69) is 4.98 Å². The number of halogens is 2. The third-order valence-corrected chi connectivity index (χ3v) is 4.69. The van der Waals surface area contributed by atoms with Crippen molar-refractivity contribution in [2.45, 2.75) is 25.4 Å². The highest BCUT2D eigenvalue weighted by molar-refractivity contribution is 6.31. The molecule has 0 spiro atoms. The molecule has 0 saturated heterocycles. The van der Waals surface area contributed by atoms with Crippen LogP contribution in [0.15, 0.2) is 53.0 Å². The van der Waals surface area contributed by atoms with Gasteiger partial charge in [-0.05, 0) is 37.1 Å². The van der Waals surface area contributed by atoms with Gasteiger partial charge in [-0.2, -0.15) is 0 Å². The van der Waals surface area contributed by atoms with Gasteiger partial charge in [0.1, 0.15) is 11.3 Å². The number of fused-ring (bicyclic) bond motifs is 1. The van der Waals surface area contributed by atoms with Crippen molar-refractivity contribution in [2.24, 2.45) is 0 Å². The highest BCUT2D eigenvalue weighted by Gasteiger charge is 2.32. The Morgan fingerprint density at radius 3 is 2.81 bits per heavy atom. The lowest BCUT2D eigenvalue weighted by molar-refractivity contribution is -0.127. The van der Waals surface area contributed by atoms with E-state index in [4.69, 9.17) is 16.0 Å². The number of para-hydroxylation sites is 2. The molecule has 1 heterocycles. The summed E-state index contributed by atoms with van der Waals surface area (Å²) >= 11 is 6.10. The van der Waals surface area contributed by atoms with E-state index in [0.29, 0.717) is 22.1 Å². The Morgan fingerprint density at radius 2 is 2.08 bits per heavy atom. The van der Waals surface area contributed by atoms with Crippen LogP contribution in [0, 0.1) is 5.82 Å². The van der Waals surface area contributed by atoms with Gasteiger partial charge in [0.25, 0.3) is 0 Å². The lowest BCUT2D eigenvalue weighted by atomic mass is 10.2. The number of rotatable bonds is 5. The molecule has 0 aliphatic heterocycles. The van der Waals surface area contributed by atoms with Gasteiger partial charge in [0.15, 0.2) is 5.58 Å². The predicted octanol–water partition coefficient (Wildman–Crippen LogP) is 4.82. The number of nitrogens with zero attached hydrogens (tertiary/aromatic N) is 2. The summed E-state index contributed by atoms with van der Waals surface area (Å²) < 4.78 is 19.6. The molecular weight excluding hydrogens is 355 g/mol. The molecule has 2 aromatic carbocycles. The second kappa shape index (κ2) is 6.92. The van der Waals surface area contributed by atoms with E-state index in [-0.39, 0.29) is 18.5 Å². The second-order valence-electron chi connectivity index (χ2n) is 6.25. The van der Waals surface area contributed by atoms with Crippen molar-refractivity contribution < 1.29 is 13.6 Å². The first-order chi connectivity index (χ1) is 12.6. The SMILES string of the molecule is O=C(/C=C/c1nc2ccccc2o1)N(Cc1c(F)cccc1Cl)C1CC1. The Bertz CT molecular complexity index is 941. The van der Waals surface area contributed by atoms with Gasteiger partial charge < -0.3 is 9.32 Å². The highest BCUT2D eigenvalue weighted by atomic mass is 35.5. The molecule has 0 atom stereocenters. The summed E-state index contributed by atoms with van der Waals surface area (Å²) in [5.74, 6) is -0.257. The molecule has 4 rings (SSSR count). The molecule has 0 unspecified atom stereocenters. The normalized spacial score (nSPS) is 14.2. The Hall–Kier alpha value is -2.66. The number of oxazole rings is 1. The molecule has 132 valence electrons. The van der Waals surface area contributed by atoms with E-state index in [0.717, 1.165) is 18.4 Å². The fourth-order valence-corrected chi connectivity index (χ4v) is 3.05. The van der Waals surface area contributed by atoms with Crippen LogP contribution in [0.3, 0.4) is 0 Å². The van der Waals surface area contributed by atoms with Crippen molar-refractivity contribution in [3.05, 3.63) is 70.8 Å². The average molecular weight is 371 g/mol. The minimum atomic E-state index is -0.404.